The molecule has 7 heteroatoms. The van der Waals surface area contributed by atoms with E-state index in [0.29, 0.717) is 16.3 Å². The molecule has 0 saturated carbocycles. The van der Waals surface area contributed by atoms with Gasteiger partial charge in [0.05, 0.1) is 16.1 Å². The van der Waals surface area contributed by atoms with Crippen molar-refractivity contribution in [2.75, 3.05) is 11.9 Å². The van der Waals surface area contributed by atoms with Crippen LogP contribution < -0.4 is 10.6 Å². The van der Waals surface area contributed by atoms with Crippen LogP contribution in [0.4, 0.5) is 5.00 Å². The van der Waals surface area contributed by atoms with Crippen LogP contribution in [-0.2, 0) is 0 Å². The Labute approximate surface area is 132 Å². The zero-order valence-corrected chi connectivity index (χ0v) is 13.2. The highest BCUT2D eigenvalue weighted by molar-refractivity contribution is 7.18. The molecule has 0 aliphatic heterocycles. The molecule has 1 unspecified atom stereocenters. The van der Waals surface area contributed by atoms with Gasteiger partial charge in [-0.1, -0.05) is 0 Å². The Morgan fingerprint density at radius 2 is 2.18 bits per heavy atom. The molecule has 0 bridgehead atoms. The number of aliphatic hydroxyl groups is 1. The SMILES string of the molecule is Cc1cc(NC(=O)c2ccco2)sc1C(=O)NC(C)CCO. The van der Waals surface area contributed by atoms with Gasteiger partial charge in [0.2, 0.25) is 0 Å². The van der Waals surface area contributed by atoms with E-state index in [2.05, 4.69) is 10.6 Å². The smallest absolute Gasteiger partial charge is 0.291 e. The fourth-order valence-corrected chi connectivity index (χ4v) is 2.88. The van der Waals surface area contributed by atoms with Gasteiger partial charge in [0.1, 0.15) is 0 Å². The van der Waals surface area contributed by atoms with Gasteiger partial charge in [0.15, 0.2) is 5.76 Å². The van der Waals surface area contributed by atoms with Crippen molar-refractivity contribution in [3.05, 3.63) is 40.7 Å². The highest BCUT2D eigenvalue weighted by Gasteiger charge is 2.17. The van der Waals surface area contributed by atoms with E-state index in [0.717, 1.165) is 5.56 Å². The van der Waals surface area contributed by atoms with Crippen LogP contribution in [0.1, 0.15) is 39.1 Å². The molecule has 2 amide bonds. The lowest BCUT2D eigenvalue weighted by molar-refractivity contribution is 0.0936. The maximum Gasteiger partial charge on any atom is 0.291 e. The minimum atomic E-state index is -0.355. The molecule has 2 heterocycles. The molecule has 22 heavy (non-hydrogen) atoms. The summed E-state index contributed by atoms with van der Waals surface area (Å²) in [7, 11) is 0. The molecular formula is C15H18N2O4S. The Kier molecular flexibility index (Phi) is 5.35. The molecule has 3 N–H and O–H groups in total. The molecule has 0 fully saturated rings. The van der Waals surface area contributed by atoms with Gasteiger partial charge in [-0.15, -0.1) is 11.3 Å². The molecule has 0 saturated heterocycles. The average molecular weight is 322 g/mol. The fraction of sp³-hybridized carbons (Fsp3) is 0.333. The molecule has 0 radical (unpaired) electrons. The number of anilines is 1. The molecule has 0 aliphatic rings. The van der Waals surface area contributed by atoms with Gasteiger partial charge in [0, 0.05) is 12.6 Å². The average Bonchev–Trinajstić information content (AvgIpc) is 3.08. The summed E-state index contributed by atoms with van der Waals surface area (Å²) in [5.41, 5.74) is 0.786. The second kappa shape index (κ2) is 7.24. The van der Waals surface area contributed by atoms with Gasteiger partial charge in [0.25, 0.3) is 11.8 Å². The molecule has 0 spiro atoms. The van der Waals surface area contributed by atoms with Crippen molar-refractivity contribution in [2.24, 2.45) is 0 Å². The number of carbonyl (C=O) groups is 2. The molecule has 6 nitrogen and oxygen atoms in total. The lowest BCUT2D eigenvalue weighted by Crippen LogP contribution is -2.32. The number of thiophene rings is 1. The van der Waals surface area contributed by atoms with Crippen LogP contribution in [0.5, 0.6) is 0 Å². The number of furan rings is 1. The van der Waals surface area contributed by atoms with E-state index in [1.165, 1.54) is 17.6 Å². The molecule has 0 aromatic carbocycles. The molecule has 0 aliphatic carbocycles. The largest absolute Gasteiger partial charge is 0.459 e. The van der Waals surface area contributed by atoms with Crippen LogP contribution in [0.2, 0.25) is 0 Å². The summed E-state index contributed by atoms with van der Waals surface area (Å²) < 4.78 is 5.02. The van der Waals surface area contributed by atoms with Crippen LogP contribution >= 0.6 is 11.3 Å². The molecule has 2 aromatic heterocycles. The van der Waals surface area contributed by atoms with E-state index in [9.17, 15) is 9.59 Å². The maximum absolute atomic E-state index is 12.2. The van der Waals surface area contributed by atoms with Crippen LogP contribution in [0, 0.1) is 6.92 Å². The normalized spacial score (nSPS) is 12.0. The van der Waals surface area contributed by atoms with Crippen LogP contribution in [0.15, 0.2) is 28.9 Å². The Bertz CT molecular complexity index is 649. The number of amides is 2. The molecule has 1 atom stereocenters. The number of hydrogen-bond donors (Lipinski definition) is 3. The zero-order valence-electron chi connectivity index (χ0n) is 12.4. The number of hydrogen-bond acceptors (Lipinski definition) is 5. The van der Waals surface area contributed by atoms with Crippen LogP contribution in [0.3, 0.4) is 0 Å². The van der Waals surface area contributed by atoms with Crippen molar-refractivity contribution in [2.45, 2.75) is 26.3 Å². The van der Waals surface area contributed by atoms with Crippen molar-refractivity contribution >= 4 is 28.2 Å². The third-order valence-electron chi connectivity index (χ3n) is 3.05. The van der Waals surface area contributed by atoms with Gasteiger partial charge in [-0.05, 0) is 44.0 Å². The van der Waals surface area contributed by atoms with Gasteiger partial charge in [-0.2, -0.15) is 0 Å². The quantitative estimate of drug-likeness (QED) is 0.761. The first-order chi connectivity index (χ1) is 10.5. The van der Waals surface area contributed by atoms with E-state index < -0.39 is 0 Å². The zero-order chi connectivity index (χ0) is 16.1. The van der Waals surface area contributed by atoms with Crippen molar-refractivity contribution in [1.29, 1.82) is 0 Å². The summed E-state index contributed by atoms with van der Waals surface area (Å²) >= 11 is 1.21. The van der Waals surface area contributed by atoms with Crippen LogP contribution in [0.25, 0.3) is 0 Å². The Hall–Kier alpha value is -2.12. The van der Waals surface area contributed by atoms with E-state index >= 15 is 0 Å². The van der Waals surface area contributed by atoms with Crippen molar-refractivity contribution in [3.8, 4) is 0 Å². The Morgan fingerprint density at radius 3 is 2.82 bits per heavy atom. The standard InChI is InChI=1S/C15H18N2O4S/c1-9-8-12(17-14(19)11-4-3-7-21-11)22-13(9)15(20)16-10(2)5-6-18/h3-4,7-8,10,18H,5-6H2,1-2H3,(H,16,20)(H,17,19). The first kappa shape index (κ1) is 16.3. The minimum absolute atomic E-state index is 0.0231. The van der Waals surface area contributed by atoms with E-state index in [1.807, 2.05) is 13.8 Å². The van der Waals surface area contributed by atoms with Crippen molar-refractivity contribution in [1.82, 2.24) is 5.32 Å². The molecule has 2 aromatic rings. The fourth-order valence-electron chi connectivity index (χ4n) is 1.91. The van der Waals surface area contributed by atoms with Gasteiger partial charge >= 0.3 is 0 Å². The molecule has 2 rings (SSSR count). The highest BCUT2D eigenvalue weighted by Crippen LogP contribution is 2.27. The van der Waals surface area contributed by atoms with Crippen molar-refractivity contribution < 1.29 is 19.1 Å². The number of rotatable bonds is 6. The van der Waals surface area contributed by atoms with Crippen LogP contribution in [-0.4, -0.2) is 29.6 Å². The van der Waals surface area contributed by atoms with E-state index in [4.69, 9.17) is 9.52 Å². The number of aliphatic hydroxyl groups excluding tert-OH is 1. The Morgan fingerprint density at radius 1 is 1.41 bits per heavy atom. The summed E-state index contributed by atoms with van der Waals surface area (Å²) in [5, 5.41) is 15.0. The lowest BCUT2D eigenvalue weighted by Gasteiger charge is -2.11. The van der Waals surface area contributed by atoms with Crippen molar-refractivity contribution in [3.63, 3.8) is 0 Å². The number of carbonyl (C=O) groups excluding carboxylic acids is 2. The van der Waals surface area contributed by atoms with Gasteiger partial charge < -0.3 is 20.2 Å². The highest BCUT2D eigenvalue weighted by atomic mass is 32.1. The number of nitrogens with one attached hydrogen (secondary N) is 2. The number of aryl methyl sites for hydroxylation is 1. The maximum atomic E-state index is 12.2. The molecular weight excluding hydrogens is 304 g/mol. The third-order valence-corrected chi connectivity index (χ3v) is 4.20. The minimum Gasteiger partial charge on any atom is -0.459 e. The Balaban J connectivity index is 2.04. The summed E-state index contributed by atoms with van der Waals surface area (Å²) in [4.78, 5) is 24.6. The summed E-state index contributed by atoms with van der Waals surface area (Å²) in [6.45, 7) is 3.66. The van der Waals surface area contributed by atoms with E-state index in [-0.39, 0.29) is 30.2 Å². The monoisotopic (exact) mass is 322 g/mol. The third kappa shape index (κ3) is 3.96. The topological polar surface area (TPSA) is 91.6 Å². The predicted octanol–water partition coefficient (Wildman–Crippen LogP) is 2.40. The summed E-state index contributed by atoms with van der Waals surface area (Å²) in [6.07, 6.45) is 1.92. The first-order valence-corrected chi connectivity index (χ1v) is 7.70. The summed E-state index contributed by atoms with van der Waals surface area (Å²) in [6, 6.07) is 4.84. The van der Waals surface area contributed by atoms with E-state index in [1.54, 1.807) is 18.2 Å². The second-order valence-corrected chi connectivity index (χ2v) is 5.99. The summed E-state index contributed by atoms with van der Waals surface area (Å²) in [5.74, 6) is -0.345. The second-order valence-electron chi connectivity index (χ2n) is 4.94. The first-order valence-electron chi connectivity index (χ1n) is 6.88. The molecule has 118 valence electrons. The van der Waals surface area contributed by atoms with Gasteiger partial charge in [-0.3, -0.25) is 9.59 Å². The predicted molar refractivity (Wildman–Crippen MR) is 84.3 cm³/mol. The van der Waals surface area contributed by atoms with Gasteiger partial charge in [-0.25, -0.2) is 0 Å². The lowest BCUT2D eigenvalue weighted by atomic mass is 10.2.